The van der Waals surface area contributed by atoms with Crippen LogP contribution in [0.15, 0.2) is 23.8 Å². The van der Waals surface area contributed by atoms with Crippen molar-refractivity contribution in [3.8, 4) is 0 Å². The molecule has 0 aromatic rings. The highest BCUT2D eigenvalue weighted by Gasteiger charge is 2.05. The van der Waals surface area contributed by atoms with Gasteiger partial charge in [-0.15, -0.1) is 0 Å². The highest BCUT2D eigenvalue weighted by Crippen LogP contribution is 2.05. The molecule has 1 atom stereocenters. The van der Waals surface area contributed by atoms with Crippen LogP contribution in [0.5, 0.6) is 0 Å². The Bertz CT molecular complexity index is 164. The highest BCUT2D eigenvalue weighted by molar-refractivity contribution is 6.23. The van der Waals surface area contributed by atoms with Crippen LogP contribution in [0, 0.1) is 0 Å². The summed E-state index contributed by atoms with van der Waals surface area (Å²) in [6.07, 6.45) is 5.14. The number of nitrogens with zero attached hydrogens (tertiary/aromatic N) is 1. The summed E-state index contributed by atoms with van der Waals surface area (Å²) >= 11 is 0. The van der Waals surface area contributed by atoms with Crippen LogP contribution in [-0.4, -0.2) is 31.1 Å². The Morgan fingerprint density at radius 1 is 1.78 bits per heavy atom. The van der Waals surface area contributed by atoms with Crippen molar-refractivity contribution in [2.45, 2.75) is 6.23 Å². The molecule has 0 saturated carbocycles. The van der Waals surface area contributed by atoms with E-state index in [4.69, 9.17) is 5.11 Å². The van der Waals surface area contributed by atoms with Crippen molar-refractivity contribution >= 4 is 7.85 Å². The van der Waals surface area contributed by atoms with Crippen LogP contribution >= 0.6 is 0 Å². The first-order valence-corrected chi connectivity index (χ1v) is 2.97. The van der Waals surface area contributed by atoms with E-state index in [-0.39, 0.29) is 0 Å². The van der Waals surface area contributed by atoms with Crippen LogP contribution in [-0.2, 0) is 0 Å². The zero-order valence-corrected chi connectivity index (χ0v) is 5.70. The monoisotopic (exact) mass is 123 g/mol. The second kappa shape index (κ2) is 2.27. The van der Waals surface area contributed by atoms with Gasteiger partial charge in [-0.1, -0.05) is 11.5 Å². The molecule has 0 radical (unpaired) electrons. The van der Waals surface area contributed by atoms with Crippen LogP contribution in [0.25, 0.3) is 0 Å². The first-order chi connectivity index (χ1) is 4.20. The van der Waals surface area contributed by atoms with Gasteiger partial charge in [0.25, 0.3) is 0 Å². The topological polar surface area (TPSA) is 23.5 Å². The lowest BCUT2D eigenvalue weighted by Gasteiger charge is -2.22. The van der Waals surface area contributed by atoms with Crippen molar-refractivity contribution in [3.63, 3.8) is 0 Å². The summed E-state index contributed by atoms with van der Waals surface area (Å²) in [5, 5.41) is 9.09. The maximum absolute atomic E-state index is 9.09. The van der Waals surface area contributed by atoms with E-state index in [1.54, 1.807) is 11.0 Å². The van der Waals surface area contributed by atoms with E-state index in [0.717, 1.165) is 0 Å². The van der Waals surface area contributed by atoms with E-state index in [1.165, 1.54) is 5.47 Å². The fraction of sp³-hybridized carbons (Fsp3) is 0.333. The Hall–Kier alpha value is -0.695. The number of hydrogen-bond donors (Lipinski definition) is 1. The van der Waals surface area contributed by atoms with Gasteiger partial charge in [-0.25, -0.2) is 0 Å². The zero-order chi connectivity index (χ0) is 6.85. The van der Waals surface area contributed by atoms with E-state index in [0.29, 0.717) is 0 Å². The van der Waals surface area contributed by atoms with Crippen LogP contribution < -0.4 is 0 Å². The Balaban J connectivity index is 2.70. The normalized spacial score (nSPS) is 26.2. The summed E-state index contributed by atoms with van der Waals surface area (Å²) in [5.74, 6) is 0. The minimum atomic E-state index is -0.436. The summed E-state index contributed by atoms with van der Waals surface area (Å²) in [4.78, 5) is 1.76. The molecule has 1 aliphatic heterocycles. The molecule has 1 rings (SSSR count). The average Bonchev–Trinajstić information content (AvgIpc) is 1.80. The van der Waals surface area contributed by atoms with Gasteiger partial charge >= 0.3 is 0 Å². The van der Waals surface area contributed by atoms with E-state index in [2.05, 4.69) is 0 Å². The highest BCUT2D eigenvalue weighted by atomic mass is 16.3. The summed E-state index contributed by atoms with van der Waals surface area (Å²) < 4.78 is 0. The number of aliphatic hydroxyl groups is 1. The Labute approximate surface area is 55.9 Å². The Morgan fingerprint density at radius 2 is 2.44 bits per heavy atom. The first-order valence-electron chi connectivity index (χ1n) is 2.97. The van der Waals surface area contributed by atoms with Crippen LogP contribution in [0.3, 0.4) is 0 Å². The largest absolute Gasteiger partial charge is 0.370 e. The van der Waals surface area contributed by atoms with Crippen molar-refractivity contribution in [2.75, 3.05) is 7.05 Å². The van der Waals surface area contributed by atoms with Gasteiger partial charge in [-0.3, -0.25) is 0 Å². The number of likely N-dealkylation sites (N-methyl/N-ethyl adjacent to an activating group) is 1. The van der Waals surface area contributed by atoms with Crippen molar-refractivity contribution in [2.24, 2.45) is 0 Å². The third kappa shape index (κ3) is 1.36. The molecule has 1 heterocycles. The predicted octanol–water partition coefficient (Wildman–Crippen LogP) is -0.719. The predicted molar refractivity (Wildman–Crippen MR) is 39.5 cm³/mol. The van der Waals surface area contributed by atoms with E-state index in [9.17, 15) is 0 Å². The molecule has 2 nitrogen and oxygen atoms in total. The molecule has 1 unspecified atom stereocenters. The summed E-state index contributed by atoms with van der Waals surface area (Å²) in [6.45, 7) is 0. The van der Waals surface area contributed by atoms with Crippen molar-refractivity contribution in [1.29, 1.82) is 0 Å². The van der Waals surface area contributed by atoms with Gasteiger partial charge < -0.3 is 10.0 Å². The van der Waals surface area contributed by atoms with E-state index < -0.39 is 6.23 Å². The fourth-order valence-electron chi connectivity index (χ4n) is 0.814. The molecule has 3 heteroatoms. The van der Waals surface area contributed by atoms with Crippen LogP contribution in [0.1, 0.15) is 0 Å². The fourth-order valence-corrected chi connectivity index (χ4v) is 0.814. The maximum Gasteiger partial charge on any atom is 0.145 e. The van der Waals surface area contributed by atoms with Gasteiger partial charge in [0.1, 0.15) is 14.1 Å². The molecule has 48 valence electrons. The number of rotatable bonds is 0. The summed E-state index contributed by atoms with van der Waals surface area (Å²) in [5.41, 5.74) is 1.17. The van der Waals surface area contributed by atoms with Crippen LogP contribution in [0.4, 0.5) is 0 Å². The SMILES string of the molecule is BC1=CN(C)C(O)C=C1. The minimum absolute atomic E-state index is 0.436. The molecule has 9 heavy (non-hydrogen) atoms. The van der Waals surface area contributed by atoms with Gasteiger partial charge in [-0.2, -0.15) is 0 Å². The van der Waals surface area contributed by atoms with Gasteiger partial charge in [0.05, 0.1) is 0 Å². The number of aliphatic hydroxyl groups excluding tert-OH is 1. The molecule has 0 aliphatic carbocycles. The summed E-state index contributed by atoms with van der Waals surface area (Å²) in [7, 11) is 3.84. The quantitative estimate of drug-likeness (QED) is 0.429. The number of allylic oxidation sites excluding steroid dienone is 2. The molecule has 0 saturated heterocycles. The van der Waals surface area contributed by atoms with Gasteiger partial charge in [-0.05, 0) is 12.3 Å². The van der Waals surface area contributed by atoms with Crippen molar-refractivity contribution in [1.82, 2.24) is 4.90 Å². The molecule has 0 aromatic heterocycles. The Morgan fingerprint density at radius 3 is 2.89 bits per heavy atom. The average molecular weight is 123 g/mol. The molecule has 0 spiro atoms. The zero-order valence-electron chi connectivity index (χ0n) is 5.70. The van der Waals surface area contributed by atoms with Crippen molar-refractivity contribution < 1.29 is 5.11 Å². The molecular formula is C6H10BNO. The van der Waals surface area contributed by atoms with Gasteiger partial charge in [0.15, 0.2) is 0 Å². The van der Waals surface area contributed by atoms with Crippen molar-refractivity contribution in [3.05, 3.63) is 23.8 Å². The minimum Gasteiger partial charge on any atom is -0.370 e. The third-order valence-electron chi connectivity index (χ3n) is 1.36. The molecule has 0 aromatic carbocycles. The lowest BCUT2D eigenvalue weighted by molar-refractivity contribution is 0.0969. The molecule has 0 amide bonds. The molecule has 1 aliphatic rings. The molecule has 0 fully saturated rings. The second-order valence-electron chi connectivity index (χ2n) is 2.31. The third-order valence-corrected chi connectivity index (χ3v) is 1.36. The first kappa shape index (κ1) is 6.43. The molecule has 0 bridgehead atoms. The second-order valence-corrected chi connectivity index (χ2v) is 2.31. The van der Waals surface area contributed by atoms with E-state index >= 15 is 0 Å². The molecular weight excluding hydrogens is 113 g/mol. The smallest absolute Gasteiger partial charge is 0.145 e. The maximum atomic E-state index is 9.09. The lowest BCUT2D eigenvalue weighted by atomic mass is 9.95. The Kier molecular flexibility index (Phi) is 1.62. The van der Waals surface area contributed by atoms with Gasteiger partial charge in [0, 0.05) is 7.05 Å². The standard InChI is InChI=1S/C6H10BNO/c1-8-4-5(7)2-3-6(8)9/h2-4,6,9H,7H2,1H3. The van der Waals surface area contributed by atoms with Gasteiger partial charge in [0.2, 0.25) is 0 Å². The number of hydrogen-bond acceptors (Lipinski definition) is 2. The molecule has 1 N–H and O–H groups in total. The summed E-state index contributed by atoms with van der Waals surface area (Å²) in [6, 6.07) is 0. The van der Waals surface area contributed by atoms with E-state index in [1.807, 2.05) is 27.2 Å². The van der Waals surface area contributed by atoms with Crippen LogP contribution in [0.2, 0.25) is 0 Å². The lowest BCUT2D eigenvalue weighted by Crippen LogP contribution is -2.26.